The van der Waals surface area contributed by atoms with Gasteiger partial charge in [-0.1, -0.05) is 82.7 Å². The number of hydrogen-bond donors (Lipinski definition) is 0. The number of carbonyl (C=O) groups is 2. The number of halogens is 1. The van der Waals surface area contributed by atoms with Gasteiger partial charge in [0.25, 0.3) is 0 Å². The molecule has 0 atom stereocenters. The molecule has 4 nitrogen and oxygen atoms in total. The lowest BCUT2D eigenvalue weighted by Gasteiger charge is -2.07. The monoisotopic (exact) mass is 438 g/mol. The van der Waals surface area contributed by atoms with Crippen molar-refractivity contribution in [1.82, 2.24) is 0 Å². The first-order chi connectivity index (χ1) is 14.5. The van der Waals surface area contributed by atoms with E-state index in [2.05, 4.69) is 6.92 Å². The van der Waals surface area contributed by atoms with Crippen molar-refractivity contribution in [2.24, 2.45) is 0 Å². The SMILES string of the molecule is CCCCCCCCCCCCCOC(=O)CCCC(=O)Oc1ccc(Cl)c(C)c1. The fourth-order valence-corrected chi connectivity index (χ4v) is 3.38. The van der Waals surface area contributed by atoms with Crippen molar-refractivity contribution in [3.63, 3.8) is 0 Å². The molecule has 0 fully saturated rings. The first kappa shape index (κ1) is 26.5. The Morgan fingerprint density at radius 3 is 1.97 bits per heavy atom. The molecule has 0 amide bonds. The van der Waals surface area contributed by atoms with Crippen LogP contribution in [-0.4, -0.2) is 18.5 Å². The van der Waals surface area contributed by atoms with Gasteiger partial charge in [0.05, 0.1) is 6.61 Å². The molecule has 30 heavy (non-hydrogen) atoms. The second-order valence-electron chi connectivity index (χ2n) is 7.99. The topological polar surface area (TPSA) is 52.6 Å². The Labute approximate surface area is 187 Å². The summed E-state index contributed by atoms with van der Waals surface area (Å²) in [7, 11) is 0. The number of benzene rings is 1. The summed E-state index contributed by atoms with van der Waals surface area (Å²) >= 11 is 5.95. The molecule has 0 N–H and O–H groups in total. The van der Waals surface area contributed by atoms with Crippen molar-refractivity contribution in [3.8, 4) is 5.75 Å². The molecule has 0 radical (unpaired) electrons. The molecule has 0 saturated heterocycles. The molecule has 0 aliphatic heterocycles. The van der Waals surface area contributed by atoms with Gasteiger partial charge in [0.15, 0.2) is 0 Å². The smallest absolute Gasteiger partial charge is 0.311 e. The molecule has 0 aromatic heterocycles. The van der Waals surface area contributed by atoms with E-state index in [0.717, 1.165) is 18.4 Å². The van der Waals surface area contributed by atoms with Crippen LogP contribution in [0.2, 0.25) is 5.02 Å². The third-order valence-corrected chi connectivity index (χ3v) is 5.56. The summed E-state index contributed by atoms with van der Waals surface area (Å²) in [5, 5.41) is 0.635. The van der Waals surface area contributed by atoms with Gasteiger partial charge in [-0.15, -0.1) is 0 Å². The van der Waals surface area contributed by atoms with Gasteiger partial charge in [-0.05, 0) is 43.5 Å². The lowest BCUT2D eigenvalue weighted by atomic mass is 10.1. The molecular weight excluding hydrogens is 400 g/mol. The first-order valence-corrected chi connectivity index (χ1v) is 12.0. The maximum atomic E-state index is 11.9. The molecule has 1 aromatic rings. The van der Waals surface area contributed by atoms with Gasteiger partial charge >= 0.3 is 11.9 Å². The Morgan fingerprint density at radius 1 is 0.800 bits per heavy atom. The number of carbonyl (C=O) groups excluding carboxylic acids is 2. The summed E-state index contributed by atoms with van der Waals surface area (Å²) in [5.74, 6) is -0.118. The Kier molecular flexibility index (Phi) is 15.2. The minimum absolute atomic E-state index is 0.190. The molecule has 170 valence electrons. The first-order valence-electron chi connectivity index (χ1n) is 11.7. The lowest BCUT2D eigenvalue weighted by Crippen LogP contribution is -2.10. The van der Waals surface area contributed by atoms with Gasteiger partial charge in [0.2, 0.25) is 0 Å². The van der Waals surface area contributed by atoms with Gasteiger partial charge in [0.1, 0.15) is 5.75 Å². The number of esters is 2. The van der Waals surface area contributed by atoms with Gasteiger partial charge < -0.3 is 9.47 Å². The van der Waals surface area contributed by atoms with E-state index in [1.165, 1.54) is 57.8 Å². The van der Waals surface area contributed by atoms with E-state index in [9.17, 15) is 9.59 Å². The number of unbranched alkanes of at least 4 members (excludes halogenated alkanes) is 10. The predicted octanol–water partition coefficient (Wildman–Crippen LogP) is 7.58. The van der Waals surface area contributed by atoms with Crippen LogP contribution < -0.4 is 4.74 Å². The quantitative estimate of drug-likeness (QED) is 0.143. The van der Waals surface area contributed by atoms with Crippen molar-refractivity contribution in [1.29, 1.82) is 0 Å². The summed E-state index contributed by atoms with van der Waals surface area (Å²) in [6.45, 7) is 4.58. The Balaban J connectivity index is 1.93. The van der Waals surface area contributed by atoms with Crippen molar-refractivity contribution >= 4 is 23.5 Å². The van der Waals surface area contributed by atoms with Crippen LogP contribution in [0.3, 0.4) is 0 Å². The third kappa shape index (κ3) is 13.6. The Morgan fingerprint density at radius 2 is 1.37 bits per heavy atom. The summed E-state index contributed by atoms with van der Waals surface area (Å²) in [6.07, 6.45) is 14.8. The summed E-state index contributed by atoms with van der Waals surface area (Å²) in [6, 6.07) is 5.09. The van der Waals surface area contributed by atoms with Crippen LogP contribution in [0.4, 0.5) is 0 Å². The number of hydrogen-bond acceptors (Lipinski definition) is 4. The third-order valence-electron chi connectivity index (χ3n) is 5.13. The number of aryl methyl sites for hydroxylation is 1. The van der Waals surface area contributed by atoms with Crippen LogP contribution in [0.15, 0.2) is 18.2 Å². The van der Waals surface area contributed by atoms with Crippen LogP contribution in [0.1, 0.15) is 102 Å². The van der Waals surface area contributed by atoms with Gasteiger partial charge in [0, 0.05) is 17.9 Å². The molecular formula is C25H39ClO4. The van der Waals surface area contributed by atoms with Crippen LogP contribution in [0, 0.1) is 6.92 Å². The Bertz CT molecular complexity index is 615. The minimum Gasteiger partial charge on any atom is -0.466 e. The molecule has 0 unspecified atom stereocenters. The molecule has 0 heterocycles. The molecule has 5 heteroatoms. The number of rotatable bonds is 17. The zero-order chi connectivity index (χ0) is 22.0. The van der Waals surface area contributed by atoms with Crippen LogP contribution in [0.25, 0.3) is 0 Å². The van der Waals surface area contributed by atoms with Gasteiger partial charge in [-0.2, -0.15) is 0 Å². The average molecular weight is 439 g/mol. The highest BCUT2D eigenvalue weighted by molar-refractivity contribution is 6.31. The Hall–Kier alpha value is -1.55. The molecule has 0 spiro atoms. The van der Waals surface area contributed by atoms with E-state index in [-0.39, 0.29) is 24.8 Å². The highest BCUT2D eigenvalue weighted by Gasteiger charge is 2.09. The van der Waals surface area contributed by atoms with Crippen molar-refractivity contribution in [3.05, 3.63) is 28.8 Å². The molecule has 0 saturated carbocycles. The van der Waals surface area contributed by atoms with E-state index in [0.29, 0.717) is 23.8 Å². The zero-order valence-electron chi connectivity index (χ0n) is 18.8. The number of ether oxygens (including phenoxy) is 2. The standard InChI is InChI=1S/C25H39ClO4/c1-3-4-5-6-7-8-9-10-11-12-13-19-29-24(27)15-14-16-25(28)30-22-17-18-23(26)21(2)20-22/h17-18,20H,3-16,19H2,1-2H3. The second kappa shape index (κ2) is 17.2. The van der Waals surface area contributed by atoms with E-state index in [4.69, 9.17) is 21.1 Å². The fraction of sp³-hybridized carbons (Fsp3) is 0.680. The van der Waals surface area contributed by atoms with Gasteiger partial charge in [-0.3, -0.25) is 9.59 Å². The zero-order valence-corrected chi connectivity index (χ0v) is 19.6. The van der Waals surface area contributed by atoms with E-state index < -0.39 is 0 Å². The van der Waals surface area contributed by atoms with E-state index in [1.807, 2.05) is 6.92 Å². The van der Waals surface area contributed by atoms with Crippen molar-refractivity contribution in [2.45, 2.75) is 104 Å². The molecule has 1 rings (SSSR count). The summed E-state index contributed by atoms with van der Waals surface area (Å²) < 4.78 is 10.5. The fourth-order valence-electron chi connectivity index (χ4n) is 3.26. The molecule has 0 aliphatic carbocycles. The predicted molar refractivity (Wildman–Crippen MR) is 123 cm³/mol. The minimum atomic E-state index is -0.352. The van der Waals surface area contributed by atoms with Crippen LogP contribution in [-0.2, 0) is 14.3 Å². The van der Waals surface area contributed by atoms with Crippen LogP contribution >= 0.6 is 11.6 Å². The maximum Gasteiger partial charge on any atom is 0.311 e. The lowest BCUT2D eigenvalue weighted by molar-refractivity contribution is -0.144. The highest BCUT2D eigenvalue weighted by atomic mass is 35.5. The van der Waals surface area contributed by atoms with E-state index in [1.54, 1.807) is 18.2 Å². The largest absolute Gasteiger partial charge is 0.466 e. The summed E-state index contributed by atoms with van der Waals surface area (Å²) in [4.78, 5) is 23.6. The summed E-state index contributed by atoms with van der Waals surface area (Å²) in [5.41, 5.74) is 0.855. The average Bonchev–Trinajstić information content (AvgIpc) is 2.71. The second-order valence-corrected chi connectivity index (χ2v) is 8.40. The molecule has 1 aromatic carbocycles. The van der Waals surface area contributed by atoms with Crippen molar-refractivity contribution in [2.75, 3.05) is 6.61 Å². The highest BCUT2D eigenvalue weighted by Crippen LogP contribution is 2.21. The van der Waals surface area contributed by atoms with E-state index >= 15 is 0 Å². The van der Waals surface area contributed by atoms with Crippen LogP contribution in [0.5, 0.6) is 5.75 Å². The molecule has 0 bridgehead atoms. The molecule has 0 aliphatic rings. The van der Waals surface area contributed by atoms with Gasteiger partial charge in [-0.25, -0.2) is 0 Å². The maximum absolute atomic E-state index is 11.9. The van der Waals surface area contributed by atoms with Crippen molar-refractivity contribution < 1.29 is 19.1 Å². The normalized spacial score (nSPS) is 10.8.